The molecule has 1 fully saturated rings. The van der Waals surface area contributed by atoms with Crippen LogP contribution in [0.5, 0.6) is 0 Å². The van der Waals surface area contributed by atoms with Gasteiger partial charge >= 0.3 is 0 Å². The molecule has 0 bridgehead atoms. The molecule has 1 aliphatic rings. The third-order valence-corrected chi connectivity index (χ3v) is 4.47. The molecule has 1 amide bonds. The van der Waals surface area contributed by atoms with Gasteiger partial charge in [0.2, 0.25) is 5.91 Å². The summed E-state index contributed by atoms with van der Waals surface area (Å²) in [4.78, 5) is 19.9. The number of nitrogens with zero attached hydrogens (tertiary/aromatic N) is 3. The van der Waals surface area contributed by atoms with Gasteiger partial charge in [-0.05, 0) is 24.5 Å². The van der Waals surface area contributed by atoms with Gasteiger partial charge in [0.05, 0.1) is 6.10 Å². The quantitative estimate of drug-likeness (QED) is 0.618. The lowest BCUT2D eigenvalue weighted by molar-refractivity contribution is -0.127. The van der Waals surface area contributed by atoms with Gasteiger partial charge in [-0.25, -0.2) is 4.99 Å². The minimum absolute atomic E-state index is 0.0393. The van der Waals surface area contributed by atoms with Gasteiger partial charge in [-0.1, -0.05) is 29.8 Å². The molecule has 0 radical (unpaired) electrons. The van der Waals surface area contributed by atoms with E-state index < -0.39 is 0 Å². The van der Waals surface area contributed by atoms with E-state index in [0.29, 0.717) is 19.0 Å². The molecule has 0 saturated carbocycles. The zero-order valence-corrected chi connectivity index (χ0v) is 15.9. The number of ether oxygens (including phenoxy) is 1. The number of hydrogen-bond acceptors (Lipinski definition) is 3. The van der Waals surface area contributed by atoms with E-state index in [9.17, 15) is 4.79 Å². The SMILES string of the molecule is CN(C)C(=O)CN=C(NCC1CCCO1)N(C)Cc1ccccc1Cl. The lowest BCUT2D eigenvalue weighted by atomic mass is 10.2. The molecular formula is C18H27ClN4O2. The molecule has 0 spiro atoms. The fraction of sp³-hybridized carbons (Fsp3) is 0.556. The molecule has 1 heterocycles. The average Bonchev–Trinajstić information content (AvgIpc) is 3.10. The Kier molecular flexibility index (Phi) is 7.52. The molecule has 1 saturated heterocycles. The summed E-state index contributed by atoms with van der Waals surface area (Å²) in [5.74, 6) is 0.633. The van der Waals surface area contributed by atoms with E-state index in [2.05, 4.69) is 10.3 Å². The van der Waals surface area contributed by atoms with Crippen LogP contribution in [0.4, 0.5) is 0 Å². The molecule has 6 nitrogen and oxygen atoms in total. The first kappa shape index (κ1) is 19.5. The summed E-state index contributed by atoms with van der Waals surface area (Å²) in [7, 11) is 5.39. The summed E-state index contributed by atoms with van der Waals surface area (Å²) in [5.41, 5.74) is 1.01. The molecule has 7 heteroatoms. The Morgan fingerprint density at radius 3 is 2.76 bits per heavy atom. The topological polar surface area (TPSA) is 57.2 Å². The molecule has 0 aromatic heterocycles. The largest absolute Gasteiger partial charge is 0.376 e. The van der Waals surface area contributed by atoms with Gasteiger partial charge in [-0.2, -0.15) is 0 Å². The second kappa shape index (κ2) is 9.63. The number of likely N-dealkylation sites (N-methyl/N-ethyl adjacent to an activating group) is 1. The van der Waals surface area contributed by atoms with Crippen LogP contribution in [-0.2, 0) is 16.1 Å². The smallest absolute Gasteiger partial charge is 0.243 e. The number of aliphatic imine (C=N–C) groups is 1. The maximum Gasteiger partial charge on any atom is 0.243 e. The van der Waals surface area contributed by atoms with Crippen molar-refractivity contribution in [2.24, 2.45) is 4.99 Å². The fourth-order valence-electron chi connectivity index (χ4n) is 2.56. The zero-order valence-electron chi connectivity index (χ0n) is 15.2. The number of carbonyl (C=O) groups excluding carboxylic acids is 1. The van der Waals surface area contributed by atoms with Gasteiger partial charge in [0.15, 0.2) is 5.96 Å². The van der Waals surface area contributed by atoms with Crippen LogP contribution >= 0.6 is 11.6 Å². The van der Waals surface area contributed by atoms with E-state index in [1.807, 2.05) is 36.2 Å². The summed E-state index contributed by atoms with van der Waals surface area (Å²) >= 11 is 6.26. The molecule has 1 atom stereocenters. The highest BCUT2D eigenvalue weighted by Crippen LogP contribution is 2.16. The number of nitrogens with one attached hydrogen (secondary N) is 1. The van der Waals surface area contributed by atoms with Gasteiger partial charge in [0, 0.05) is 45.9 Å². The predicted molar refractivity (Wildman–Crippen MR) is 101 cm³/mol. The highest BCUT2D eigenvalue weighted by molar-refractivity contribution is 6.31. The van der Waals surface area contributed by atoms with Gasteiger partial charge in [0.25, 0.3) is 0 Å². The van der Waals surface area contributed by atoms with Crippen LogP contribution in [0.1, 0.15) is 18.4 Å². The van der Waals surface area contributed by atoms with Gasteiger partial charge in [-0.15, -0.1) is 0 Å². The summed E-state index contributed by atoms with van der Waals surface area (Å²) in [5, 5.41) is 4.05. The Balaban J connectivity index is 2.04. The Morgan fingerprint density at radius 1 is 1.36 bits per heavy atom. The van der Waals surface area contributed by atoms with Crippen LogP contribution in [0.3, 0.4) is 0 Å². The maximum absolute atomic E-state index is 11.9. The Labute approximate surface area is 154 Å². The number of halogens is 1. The average molecular weight is 367 g/mol. The highest BCUT2D eigenvalue weighted by atomic mass is 35.5. The maximum atomic E-state index is 11.9. The Hall–Kier alpha value is -1.79. The van der Waals surface area contributed by atoms with E-state index in [1.165, 1.54) is 4.90 Å². The van der Waals surface area contributed by atoms with Crippen LogP contribution < -0.4 is 5.32 Å². The molecule has 1 unspecified atom stereocenters. The third kappa shape index (κ3) is 6.21. The molecule has 25 heavy (non-hydrogen) atoms. The number of carbonyl (C=O) groups is 1. The Bertz CT molecular complexity index is 600. The highest BCUT2D eigenvalue weighted by Gasteiger charge is 2.17. The molecule has 0 aliphatic carbocycles. The monoisotopic (exact) mass is 366 g/mol. The van der Waals surface area contributed by atoms with Crippen molar-refractivity contribution >= 4 is 23.5 Å². The Morgan fingerprint density at radius 2 is 2.12 bits per heavy atom. The van der Waals surface area contributed by atoms with Crippen molar-refractivity contribution < 1.29 is 9.53 Å². The van der Waals surface area contributed by atoms with E-state index in [1.54, 1.807) is 14.1 Å². The first-order valence-corrected chi connectivity index (χ1v) is 8.89. The van der Waals surface area contributed by atoms with Gasteiger partial charge < -0.3 is 19.9 Å². The number of guanidine groups is 1. The van der Waals surface area contributed by atoms with Crippen molar-refractivity contribution in [2.75, 3.05) is 40.8 Å². The molecule has 1 N–H and O–H groups in total. The minimum Gasteiger partial charge on any atom is -0.376 e. The second-order valence-electron chi connectivity index (χ2n) is 6.39. The van der Waals surface area contributed by atoms with Crippen molar-refractivity contribution in [3.8, 4) is 0 Å². The number of benzene rings is 1. The van der Waals surface area contributed by atoms with E-state index >= 15 is 0 Å². The summed E-state index contributed by atoms with van der Waals surface area (Å²) < 4.78 is 5.65. The number of hydrogen-bond donors (Lipinski definition) is 1. The van der Waals surface area contributed by atoms with Crippen molar-refractivity contribution in [1.29, 1.82) is 0 Å². The van der Waals surface area contributed by atoms with E-state index in [0.717, 1.165) is 30.0 Å². The normalized spacial score (nSPS) is 17.4. The molecule has 2 rings (SSSR count). The predicted octanol–water partition coefficient (Wildman–Crippen LogP) is 1.98. The second-order valence-corrected chi connectivity index (χ2v) is 6.80. The standard InChI is InChI=1S/C18H27ClN4O2/c1-22(2)17(24)12-21-18(20-11-15-8-6-10-25-15)23(3)13-14-7-4-5-9-16(14)19/h4-5,7,9,15H,6,8,10-13H2,1-3H3,(H,20,21). The van der Waals surface area contributed by atoms with Crippen LogP contribution in [0.15, 0.2) is 29.3 Å². The van der Waals surface area contributed by atoms with Crippen molar-refractivity contribution in [1.82, 2.24) is 15.1 Å². The lowest BCUT2D eigenvalue weighted by Crippen LogP contribution is -2.42. The van der Waals surface area contributed by atoms with Crippen LogP contribution in [-0.4, -0.2) is 68.6 Å². The first-order valence-electron chi connectivity index (χ1n) is 8.52. The molecule has 138 valence electrons. The first-order chi connectivity index (χ1) is 12.0. The van der Waals surface area contributed by atoms with Crippen LogP contribution in [0, 0.1) is 0 Å². The van der Waals surface area contributed by atoms with Crippen molar-refractivity contribution in [3.05, 3.63) is 34.9 Å². The summed E-state index contributed by atoms with van der Waals surface area (Å²) in [6.45, 7) is 2.20. The summed E-state index contributed by atoms with van der Waals surface area (Å²) in [6.07, 6.45) is 2.34. The number of amides is 1. The fourth-order valence-corrected chi connectivity index (χ4v) is 2.76. The molecular weight excluding hydrogens is 340 g/mol. The summed E-state index contributed by atoms with van der Waals surface area (Å²) in [6, 6.07) is 7.73. The molecule has 1 aliphatic heterocycles. The van der Waals surface area contributed by atoms with Crippen LogP contribution in [0.25, 0.3) is 0 Å². The van der Waals surface area contributed by atoms with Crippen molar-refractivity contribution in [3.63, 3.8) is 0 Å². The van der Waals surface area contributed by atoms with E-state index in [4.69, 9.17) is 16.3 Å². The third-order valence-electron chi connectivity index (χ3n) is 4.10. The van der Waals surface area contributed by atoms with Crippen LogP contribution in [0.2, 0.25) is 5.02 Å². The molecule has 1 aromatic carbocycles. The van der Waals surface area contributed by atoms with Crippen molar-refractivity contribution in [2.45, 2.75) is 25.5 Å². The number of rotatable bonds is 6. The van der Waals surface area contributed by atoms with Gasteiger partial charge in [-0.3, -0.25) is 4.79 Å². The minimum atomic E-state index is -0.0393. The van der Waals surface area contributed by atoms with E-state index in [-0.39, 0.29) is 18.6 Å². The molecule has 1 aromatic rings. The zero-order chi connectivity index (χ0) is 18.2. The van der Waals surface area contributed by atoms with Gasteiger partial charge in [0.1, 0.15) is 6.54 Å². The lowest BCUT2D eigenvalue weighted by Gasteiger charge is -2.24.